The number of methoxy groups -OCH3 is 1. The zero-order chi connectivity index (χ0) is 18.5. The molecule has 1 unspecified atom stereocenters. The van der Waals surface area contributed by atoms with E-state index in [0.717, 1.165) is 31.9 Å². The van der Waals surface area contributed by atoms with Crippen molar-refractivity contribution in [2.75, 3.05) is 51.3 Å². The molecule has 0 aliphatic carbocycles. The van der Waals surface area contributed by atoms with Gasteiger partial charge in [0.25, 0.3) is 0 Å². The molecular formula is C20H32Cl2FN3O2. The molecule has 1 aromatic carbocycles. The summed E-state index contributed by atoms with van der Waals surface area (Å²) >= 11 is 0. The van der Waals surface area contributed by atoms with E-state index >= 15 is 0 Å². The van der Waals surface area contributed by atoms with E-state index in [1.807, 2.05) is 4.90 Å². The van der Waals surface area contributed by atoms with Crippen molar-refractivity contribution in [1.29, 1.82) is 0 Å². The van der Waals surface area contributed by atoms with E-state index in [4.69, 9.17) is 4.74 Å². The minimum absolute atomic E-state index is 0. The number of benzene rings is 1. The Morgan fingerprint density at radius 1 is 1.21 bits per heavy atom. The second-order valence-electron chi connectivity index (χ2n) is 7.45. The molecule has 2 aliphatic rings. The van der Waals surface area contributed by atoms with Crippen LogP contribution in [0.1, 0.15) is 26.2 Å². The Hall–Kier alpha value is -1.24. The molecule has 3 rings (SSSR count). The Morgan fingerprint density at radius 2 is 1.86 bits per heavy atom. The van der Waals surface area contributed by atoms with Gasteiger partial charge in [-0.05, 0) is 49.9 Å². The van der Waals surface area contributed by atoms with Gasteiger partial charge in [-0.2, -0.15) is 0 Å². The van der Waals surface area contributed by atoms with Crippen molar-refractivity contribution in [3.05, 3.63) is 24.0 Å². The van der Waals surface area contributed by atoms with Crippen LogP contribution >= 0.6 is 24.8 Å². The standard InChI is InChI=1S/C20H30FN3O2.2ClH/c1-15(16-5-7-22-8-6-16)13-20(25)24-11-9-23(10-12-24)18-4-3-17(21)14-19(18)26-2;;/h3-4,14-16,22H,5-13H2,1-2H3;2*1H. The molecule has 0 spiro atoms. The Bertz CT molecular complexity index is 621. The Balaban J connectivity index is 0.00000196. The first kappa shape index (κ1) is 24.8. The maximum atomic E-state index is 13.4. The molecule has 0 aromatic heterocycles. The molecule has 2 fully saturated rings. The molecule has 0 bridgehead atoms. The number of anilines is 1. The molecule has 5 nitrogen and oxygen atoms in total. The Labute approximate surface area is 179 Å². The summed E-state index contributed by atoms with van der Waals surface area (Å²) in [4.78, 5) is 16.8. The number of halogens is 3. The number of ether oxygens (including phenoxy) is 1. The van der Waals surface area contributed by atoms with Gasteiger partial charge in [-0.25, -0.2) is 4.39 Å². The van der Waals surface area contributed by atoms with Gasteiger partial charge >= 0.3 is 0 Å². The first-order valence-electron chi connectivity index (χ1n) is 9.65. The molecule has 0 saturated carbocycles. The molecule has 2 heterocycles. The molecule has 1 aromatic rings. The van der Waals surface area contributed by atoms with Crippen LogP contribution in [-0.2, 0) is 4.79 Å². The van der Waals surface area contributed by atoms with Crippen LogP contribution in [0, 0.1) is 17.7 Å². The first-order chi connectivity index (χ1) is 12.6. The maximum Gasteiger partial charge on any atom is 0.222 e. The number of carbonyl (C=O) groups is 1. The fourth-order valence-electron chi connectivity index (χ4n) is 4.09. The Morgan fingerprint density at radius 3 is 2.46 bits per heavy atom. The van der Waals surface area contributed by atoms with Crippen LogP contribution in [0.2, 0.25) is 0 Å². The topological polar surface area (TPSA) is 44.8 Å². The fraction of sp³-hybridized carbons (Fsp3) is 0.650. The highest BCUT2D eigenvalue weighted by molar-refractivity contribution is 5.85. The van der Waals surface area contributed by atoms with Gasteiger partial charge in [0.2, 0.25) is 5.91 Å². The second kappa shape index (κ2) is 11.7. The summed E-state index contributed by atoms with van der Waals surface area (Å²) in [7, 11) is 1.56. The summed E-state index contributed by atoms with van der Waals surface area (Å²) < 4.78 is 18.7. The van der Waals surface area contributed by atoms with E-state index in [-0.39, 0.29) is 36.5 Å². The van der Waals surface area contributed by atoms with E-state index in [2.05, 4.69) is 17.1 Å². The van der Waals surface area contributed by atoms with Gasteiger partial charge in [0, 0.05) is 38.7 Å². The van der Waals surface area contributed by atoms with Crippen molar-refractivity contribution < 1.29 is 13.9 Å². The number of carbonyl (C=O) groups excluding carboxylic acids is 1. The summed E-state index contributed by atoms with van der Waals surface area (Å²) in [6.07, 6.45) is 2.99. The van der Waals surface area contributed by atoms with Crippen molar-refractivity contribution in [2.45, 2.75) is 26.2 Å². The van der Waals surface area contributed by atoms with Gasteiger partial charge in [0.05, 0.1) is 12.8 Å². The molecule has 1 atom stereocenters. The number of nitrogens with one attached hydrogen (secondary N) is 1. The minimum Gasteiger partial charge on any atom is -0.494 e. The predicted molar refractivity (Wildman–Crippen MR) is 116 cm³/mol. The number of hydrogen-bond donors (Lipinski definition) is 1. The van der Waals surface area contributed by atoms with Crippen molar-refractivity contribution in [3.63, 3.8) is 0 Å². The smallest absolute Gasteiger partial charge is 0.222 e. The third-order valence-corrected chi connectivity index (χ3v) is 5.80. The van der Waals surface area contributed by atoms with Crippen LogP contribution in [0.5, 0.6) is 5.75 Å². The number of piperazine rings is 1. The summed E-state index contributed by atoms with van der Waals surface area (Å²) in [6, 6.07) is 4.62. The molecule has 2 aliphatic heterocycles. The van der Waals surface area contributed by atoms with Gasteiger partial charge in [-0.3, -0.25) is 4.79 Å². The summed E-state index contributed by atoms with van der Waals surface area (Å²) in [6.45, 7) is 7.26. The number of amides is 1. The van der Waals surface area contributed by atoms with E-state index in [1.165, 1.54) is 25.0 Å². The van der Waals surface area contributed by atoms with Crippen LogP contribution in [0.3, 0.4) is 0 Å². The third-order valence-electron chi connectivity index (χ3n) is 5.80. The lowest BCUT2D eigenvalue weighted by Crippen LogP contribution is -2.49. The van der Waals surface area contributed by atoms with Crippen LogP contribution in [0.25, 0.3) is 0 Å². The lowest BCUT2D eigenvalue weighted by atomic mass is 9.84. The Kier molecular flexibility index (Phi) is 10.4. The predicted octanol–water partition coefficient (Wildman–Crippen LogP) is 3.35. The largest absolute Gasteiger partial charge is 0.494 e. The molecule has 1 N–H and O–H groups in total. The van der Waals surface area contributed by atoms with E-state index in [9.17, 15) is 9.18 Å². The van der Waals surface area contributed by atoms with E-state index in [1.54, 1.807) is 13.2 Å². The highest BCUT2D eigenvalue weighted by Crippen LogP contribution is 2.30. The van der Waals surface area contributed by atoms with Crippen molar-refractivity contribution in [3.8, 4) is 5.75 Å². The van der Waals surface area contributed by atoms with Gasteiger partial charge in [-0.1, -0.05) is 6.92 Å². The van der Waals surface area contributed by atoms with Gasteiger partial charge < -0.3 is 19.9 Å². The highest BCUT2D eigenvalue weighted by atomic mass is 35.5. The number of nitrogens with zero attached hydrogens (tertiary/aromatic N) is 2. The summed E-state index contributed by atoms with van der Waals surface area (Å²) in [5, 5.41) is 3.38. The van der Waals surface area contributed by atoms with Crippen LogP contribution in [-0.4, -0.2) is 57.2 Å². The zero-order valence-corrected chi connectivity index (χ0v) is 18.3. The molecule has 28 heavy (non-hydrogen) atoms. The van der Waals surface area contributed by atoms with E-state index < -0.39 is 0 Å². The van der Waals surface area contributed by atoms with Gasteiger partial charge in [-0.15, -0.1) is 24.8 Å². The molecule has 8 heteroatoms. The zero-order valence-electron chi connectivity index (χ0n) is 16.7. The monoisotopic (exact) mass is 435 g/mol. The molecule has 160 valence electrons. The number of piperidine rings is 1. The van der Waals surface area contributed by atoms with Crippen LogP contribution < -0.4 is 15.0 Å². The first-order valence-corrected chi connectivity index (χ1v) is 9.65. The molecular weight excluding hydrogens is 404 g/mol. The second-order valence-corrected chi connectivity index (χ2v) is 7.45. The highest BCUT2D eigenvalue weighted by Gasteiger charge is 2.27. The molecule has 2 saturated heterocycles. The third kappa shape index (κ3) is 6.13. The van der Waals surface area contributed by atoms with E-state index in [0.29, 0.717) is 37.1 Å². The summed E-state index contributed by atoms with van der Waals surface area (Å²) in [5.41, 5.74) is 0.893. The van der Waals surface area contributed by atoms with Crippen molar-refractivity contribution >= 4 is 36.4 Å². The normalized spacial score (nSPS) is 18.7. The SMILES string of the molecule is COc1cc(F)ccc1N1CCN(C(=O)CC(C)C2CCNCC2)CC1.Cl.Cl. The fourth-order valence-corrected chi connectivity index (χ4v) is 4.09. The molecule has 1 amide bonds. The lowest BCUT2D eigenvalue weighted by molar-refractivity contribution is -0.132. The van der Waals surface area contributed by atoms with Crippen molar-refractivity contribution in [1.82, 2.24) is 10.2 Å². The average Bonchev–Trinajstić information content (AvgIpc) is 2.68. The van der Waals surface area contributed by atoms with Crippen LogP contribution in [0.4, 0.5) is 10.1 Å². The quantitative estimate of drug-likeness (QED) is 0.769. The molecule has 0 radical (unpaired) electrons. The van der Waals surface area contributed by atoms with Crippen LogP contribution in [0.15, 0.2) is 18.2 Å². The van der Waals surface area contributed by atoms with Gasteiger partial charge in [0.15, 0.2) is 0 Å². The van der Waals surface area contributed by atoms with Gasteiger partial charge in [0.1, 0.15) is 11.6 Å². The summed E-state index contributed by atoms with van der Waals surface area (Å²) in [5.74, 6) is 1.61. The average molecular weight is 436 g/mol. The minimum atomic E-state index is -0.300. The number of hydrogen-bond acceptors (Lipinski definition) is 4. The lowest BCUT2D eigenvalue weighted by Gasteiger charge is -2.37. The van der Waals surface area contributed by atoms with Crippen molar-refractivity contribution in [2.24, 2.45) is 11.8 Å². The number of rotatable bonds is 5. The maximum absolute atomic E-state index is 13.4.